The molecule has 4 atom stereocenters. The summed E-state index contributed by atoms with van der Waals surface area (Å²) in [6, 6.07) is 9.25. The maximum atomic E-state index is 13.1. The first kappa shape index (κ1) is 17.0. The summed E-state index contributed by atoms with van der Waals surface area (Å²) >= 11 is 0. The molecule has 2 unspecified atom stereocenters. The van der Waals surface area contributed by atoms with Gasteiger partial charge < -0.3 is 9.80 Å². The zero-order valence-electron chi connectivity index (χ0n) is 15.4. The molecule has 5 heteroatoms. The fourth-order valence-electron chi connectivity index (χ4n) is 4.71. The highest BCUT2D eigenvalue weighted by Crippen LogP contribution is 2.30. The second-order valence-corrected chi connectivity index (χ2v) is 8.03. The van der Waals surface area contributed by atoms with Crippen molar-refractivity contribution in [2.45, 2.75) is 50.7 Å². The van der Waals surface area contributed by atoms with Crippen molar-refractivity contribution in [2.75, 3.05) is 26.7 Å². The van der Waals surface area contributed by atoms with Crippen LogP contribution in [0.15, 0.2) is 24.3 Å². The number of likely N-dealkylation sites (N-methyl/N-ethyl adjacent to an activating group) is 1. The number of rotatable bonds is 3. The Bertz CT molecular complexity index is 617. The number of fused-ring (bicyclic) bond motifs is 4. The number of benzene rings is 1. The molecule has 0 saturated carbocycles. The summed E-state index contributed by atoms with van der Waals surface area (Å²) in [4.78, 5) is 17.7. The molecule has 25 heavy (non-hydrogen) atoms. The fourth-order valence-corrected chi connectivity index (χ4v) is 4.71. The van der Waals surface area contributed by atoms with Gasteiger partial charge in [-0.2, -0.15) is 0 Å². The van der Waals surface area contributed by atoms with Crippen molar-refractivity contribution in [1.29, 1.82) is 0 Å². The molecule has 0 aliphatic carbocycles. The van der Waals surface area contributed by atoms with Gasteiger partial charge in [0.15, 0.2) is 0 Å². The number of carbonyl (C=O) groups is 1. The number of hydrogen-bond donors (Lipinski definition) is 2. The largest absolute Gasteiger partial charge is 0.337 e. The third kappa shape index (κ3) is 3.46. The first-order valence-corrected chi connectivity index (χ1v) is 9.73. The monoisotopic (exact) mass is 342 g/mol. The lowest BCUT2D eigenvalue weighted by atomic mass is 9.93. The van der Waals surface area contributed by atoms with Gasteiger partial charge in [-0.3, -0.25) is 4.79 Å². The van der Waals surface area contributed by atoms with Gasteiger partial charge in [-0.1, -0.05) is 31.2 Å². The van der Waals surface area contributed by atoms with E-state index in [1.807, 2.05) is 0 Å². The molecule has 4 fully saturated rings. The van der Waals surface area contributed by atoms with Crippen LogP contribution in [-0.4, -0.2) is 54.5 Å². The van der Waals surface area contributed by atoms with Crippen LogP contribution < -0.4 is 10.9 Å². The Hall–Kier alpha value is -1.43. The van der Waals surface area contributed by atoms with Crippen LogP contribution in [0.3, 0.4) is 0 Å². The van der Waals surface area contributed by atoms with Gasteiger partial charge in [-0.05, 0) is 49.8 Å². The molecule has 0 spiro atoms. The van der Waals surface area contributed by atoms with Gasteiger partial charge in [-0.15, -0.1) is 0 Å². The summed E-state index contributed by atoms with van der Waals surface area (Å²) in [6.07, 6.45) is 4.31. The van der Waals surface area contributed by atoms with Crippen LogP contribution >= 0.6 is 0 Å². The molecule has 2 bridgehead atoms. The highest BCUT2D eigenvalue weighted by molar-refractivity contribution is 5.82. The van der Waals surface area contributed by atoms with Crippen molar-refractivity contribution >= 4 is 5.91 Å². The first-order valence-electron chi connectivity index (χ1n) is 9.73. The Morgan fingerprint density at radius 1 is 1.12 bits per heavy atom. The van der Waals surface area contributed by atoms with Gasteiger partial charge in [0, 0.05) is 31.7 Å². The molecule has 0 aromatic heterocycles. The molecule has 4 heterocycles. The van der Waals surface area contributed by atoms with Gasteiger partial charge in [-0.25, -0.2) is 10.9 Å². The second-order valence-electron chi connectivity index (χ2n) is 8.03. The Morgan fingerprint density at radius 3 is 2.68 bits per heavy atom. The predicted octanol–water partition coefficient (Wildman–Crippen LogP) is 1.71. The SMILES string of the molecule is CCc1ccc(C2CC(C(=O)N3C[C@@H]4CC[C@H]3CN(C)C4)NN2)cc1. The second kappa shape index (κ2) is 7.06. The quantitative estimate of drug-likeness (QED) is 0.878. The van der Waals surface area contributed by atoms with Crippen molar-refractivity contribution in [3.05, 3.63) is 35.4 Å². The van der Waals surface area contributed by atoms with Gasteiger partial charge in [0.05, 0.1) is 0 Å². The normalized spacial score (nSPS) is 32.8. The van der Waals surface area contributed by atoms with Crippen LogP contribution in [0.5, 0.6) is 0 Å². The third-order valence-corrected chi connectivity index (χ3v) is 6.17. The Balaban J connectivity index is 1.41. The van der Waals surface area contributed by atoms with E-state index in [4.69, 9.17) is 0 Å². The molecule has 4 aliphatic heterocycles. The van der Waals surface area contributed by atoms with Crippen LogP contribution in [0.1, 0.15) is 43.4 Å². The molecular weight excluding hydrogens is 312 g/mol. The molecule has 1 amide bonds. The summed E-state index contributed by atoms with van der Waals surface area (Å²) in [5.74, 6) is 0.921. The molecule has 4 aliphatic rings. The first-order chi connectivity index (χ1) is 12.1. The van der Waals surface area contributed by atoms with Crippen molar-refractivity contribution in [3.63, 3.8) is 0 Å². The van der Waals surface area contributed by atoms with E-state index < -0.39 is 0 Å². The zero-order valence-corrected chi connectivity index (χ0v) is 15.4. The summed E-state index contributed by atoms with van der Waals surface area (Å²) < 4.78 is 0. The van der Waals surface area contributed by atoms with Crippen molar-refractivity contribution < 1.29 is 4.79 Å². The highest BCUT2D eigenvalue weighted by atomic mass is 16.2. The van der Waals surface area contributed by atoms with E-state index in [2.05, 4.69) is 58.9 Å². The number of amides is 1. The number of nitrogens with zero attached hydrogens (tertiary/aromatic N) is 2. The number of aryl methyl sites for hydroxylation is 1. The lowest BCUT2D eigenvalue weighted by Gasteiger charge is -2.37. The molecule has 136 valence electrons. The molecule has 4 saturated heterocycles. The summed E-state index contributed by atoms with van der Waals surface area (Å²) in [5, 5.41) is 0. The van der Waals surface area contributed by atoms with Gasteiger partial charge in [0.1, 0.15) is 6.04 Å². The zero-order chi connectivity index (χ0) is 17.4. The predicted molar refractivity (Wildman–Crippen MR) is 99.0 cm³/mol. The Labute approximate surface area is 150 Å². The molecule has 0 radical (unpaired) electrons. The number of hydrazine groups is 1. The van der Waals surface area contributed by atoms with Gasteiger partial charge in [0.2, 0.25) is 5.91 Å². The number of carbonyl (C=O) groups excluding carboxylic acids is 1. The van der Waals surface area contributed by atoms with E-state index in [-0.39, 0.29) is 18.0 Å². The molecule has 5 nitrogen and oxygen atoms in total. The van der Waals surface area contributed by atoms with Crippen LogP contribution in [0.25, 0.3) is 0 Å². The van der Waals surface area contributed by atoms with Crippen molar-refractivity contribution in [2.24, 2.45) is 5.92 Å². The summed E-state index contributed by atoms with van der Waals surface area (Å²) in [6.45, 7) is 5.25. The summed E-state index contributed by atoms with van der Waals surface area (Å²) in [5.41, 5.74) is 9.22. The maximum Gasteiger partial charge on any atom is 0.241 e. The minimum absolute atomic E-state index is 0.111. The Morgan fingerprint density at radius 2 is 1.92 bits per heavy atom. The van der Waals surface area contributed by atoms with E-state index in [1.165, 1.54) is 17.5 Å². The van der Waals surface area contributed by atoms with Crippen LogP contribution in [0.2, 0.25) is 0 Å². The summed E-state index contributed by atoms with van der Waals surface area (Å²) in [7, 11) is 2.19. The van der Waals surface area contributed by atoms with Crippen molar-refractivity contribution in [3.8, 4) is 0 Å². The smallest absolute Gasteiger partial charge is 0.241 e. The minimum atomic E-state index is -0.111. The minimum Gasteiger partial charge on any atom is -0.337 e. The Kier molecular flexibility index (Phi) is 4.80. The van der Waals surface area contributed by atoms with Gasteiger partial charge >= 0.3 is 0 Å². The van der Waals surface area contributed by atoms with Crippen molar-refractivity contribution in [1.82, 2.24) is 20.7 Å². The van der Waals surface area contributed by atoms with Crippen LogP contribution in [0.4, 0.5) is 0 Å². The maximum absolute atomic E-state index is 13.1. The van der Waals surface area contributed by atoms with Crippen LogP contribution in [0, 0.1) is 5.92 Å². The average Bonchev–Trinajstić information content (AvgIpc) is 2.98. The number of piperidine rings is 1. The molecule has 1 aromatic rings. The van der Waals surface area contributed by atoms with Crippen LogP contribution in [-0.2, 0) is 11.2 Å². The molecular formula is C20H30N4O. The number of nitrogens with one attached hydrogen (secondary N) is 2. The molecule has 5 rings (SSSR count). The highest BCUT2D eigenvalue weighted by Gasteiger charge is 2.40. The van der Waals surface area contributed by atoms with E-state index >= 15 is 0 Å². The third-order valence-electron chi connectivity index (χ3n) is 6.17. The van der Waals surface area contributed by atoms with E-state index in [9.17, 15) is 4.79 Å². The number of hydrogen-bond acceptors (Lipinski definition) is 4. The van der Waals surface area contributed by atoms with E-state index in [1.54, 1.807) is 0 Å². The fraction of sp³-hybridized carbons (Fsp3) is 0.650. The topological polar surface area (TPSA) is 47.6 Å². The van der Waals surface area contributed by atoms with Gasteiger partial charge in [0.25, 0.3) is 0 Å². The van der Waals surface area contributed by atoms with E-state index in [0.717, 1.165) is 38.9 Å². The molecule has 2 N–H and O–H groups in total. The lowest BCUT2D eigenvalue weighted by molar-refractivity contribution is -0.137. The lowest BCUT2D eigenvalue weighted by Crippen LogP contribution is -2.53. The average molecular weight is 342 g/mol. The van der Waals surface area contributed by atoms with E-state index in [0.29, 0.717) is 12.0 Å². The standard InChI is InChI=1S/C20H30N4O/c1-3-14-4-7-16(8-5-14)18-10-19(22-21-18)20(25)24-12-15-6-9-17(24)13-23(2)11-15/h4-5,7-8,15,17-19,21-22H,3,6,9-13H2,1-2H3/t15-,17+,18?,19?/m1/s1. The molecule has 1 aromatic carbocycles.